The molecule has 0 saturated heterocycles. The summed E-state index contributed by atoms with van der Waals surface area (Å²) in [6, 6.07) is 0. The third kappa shape index (κ3) is 5160. The zero-order valence-corrected chi connectivity index (χ0v) is 40.2. The molecule has 0 N–H and O–H groups in total. The zero-order valence-electron chi connectivity index (χ0n) is 16.1. The third-order valence-corrected chi connectivity index (χ3v) is 0. The Bertz CT molecular complexity index is 334. The molecule has 34 heteroatoms. The molecule has 0 fully saturated rings. The largest absolute Gasteiger partial charge is 3.00 e. The van der Waals surface area contributed by atoms with Gasteiger partial charge in [0.25, 0.3) is 0 Å². The third-order valence-electron chi connectivity index (χ3n) is 0. The van der Waals surface area contributed by atoms with E-state index in [1.54, 1.807) is 0 Å². The molecule has 0 heterocycles. The second-order valence-corrected chi connectivity index (χ2v) is 5.25. The second kappa shape index (κ2) is 76.5. The summed E-state index contributed by atoms with van der Waals surface area (Å²) in [5.74, 6) is 0. The molecule has 0 aromatic heterocycles. The molecule has 0 rings (SSSR count). The molecular weight excluding hydrogens is 992 g/mol. The summed E-state index contributed by atoms with van der Waals surface area (Å²) in [6.45, 7) is 0. The van der Waals surface area contributed by atoms with E-state index >= 15 is 0 Å². The van der Waals surface area contributed by atoms with E-state index in [1.165, 1.54) is 0 Å². The van der Waals surface area contributed by atoms with Gasteiger partial charge in [0.15, 0.2) is 0 Å². The van der Waals surface area contributed by atoms with Crippen LogP contribution in [0.4, 0.5) is 0 Å². The standard InChI is InChI=1S/2Al.2Ba.7O3Si.2Zn/c;;;;7*1-4(2)3;;/q2*+3;2*+2;7*-2;2*+2. The Kier molecular flexibility index (Phi) is 187. The molecule has 0 atom stereocenters. The molecule has 0 bridgehead atoms. The molecule has 0 amide bonds. The van der Waals surface area contributed by atoms with Gasteiger partial charge in [-0.2, -0.15) is 0 Å². The molecule has 0 aliphatic heterocycles. The summed E-state index contributed by atoms with van der Waals surface area (Å²) in [6.07, 6.45) is 0. The van der Waals surface area contributed by atoms with Gasteiger partial charge in [0.05, 0.1) is 0 Å². The first kappa shape index (κ1) is 83.3. The molecule has 0 unspecified atom stereocenters. The van der Waals surface area contributed by atoms with Gasteiger partial charge in [-0.05, 0) is 0 Å². The van der Waals surface area contributed by atoms with Gasteiger partial charge >= 0.3 is 171 Å². The predicted octanol–water partition coefficient (Wildman–Crippen LogP) is -21.7. The summed E-state index contributed by atoms with van der Waals surface area (Å²) in [7, 11) is -25.4. The molecule has 0 saturated carbocycles. The maximum absolute atomic E-state index is 8.52. The first-order valence-corrected chi connectivity index (χ1v) is 12.9. The Morgan fingerprint density at radius 1 is 0.265 bits per heavy atom. The van der Waals surface area contributed by atoms with Crippen molar-refractivity contribution in [3.05, 3.63) is 0 Å². The minimum atomic E-state index is -3.63. The van der Waals surface area contributed by atoms with E-state index in [0.717, 1.165) is 0 Å². The fourth-order valence-electron chi connectivity index (χ4n) is 0. The molecule has 0 aromatic rings. The van der Waals surface area contributed by atoms with E-state index in [2.05, 4.69) is 0 Å². The van der Waals surface area contributed by atoms with Gasteiger partial charge in [-0.3, -0.25) is 0 Å². The van der Waals surface area contributed by atoms with E-state index in [1.807, 2.05) is 0 Å². The second-order valence-electron chi connectivity index (χ2n) is 1.75. The van der Waals surface area contributed by atoms with Gasteiger partial charge in [0.2, 0.25) is 0 Å². The van der Waals surface area contributed by atoms with Crippen LogP contribution in [0.2, 0.25) is 0 Å². The van der Waals surface area contributed by atoms with Crippen molar-refractivity contribution in [1.82, 2.24) is 0 Å². The van der Waals surface area contributed by atoms with Gasteiger partial charge in [-0.25, -0.2) is 0 Å². The van der Waals surface area contributed by atoms with Crippen LogP contribution in [0.15, 0.2) is 0 Å². The topological polar surface area (TPSA) is 442 Å². The predicted molar refractivity (Wildman–Crippen MR) is 68.1 cm³/mol. The first-order chi connectivity index (χ1) is 12.1. The summed E-state index contributed by atoms with van der Waals surface area (Å²) >= 11 is 0. The van der Waals surface area contributed by atoms with E-state index in [9.17, 15) is 0 Å². The van der Waals surface area contributed by atoms with Crippen molar-refractivity contribution < 1.29 is 137 Å². The fraction of sp³-hybridized carbons (Fsp3) is 0. The smallest absolute Gasteiger partial charge is 0.672 e. The average molecular weight is 992 g/mol. The Hall–Kier alpha value is 2.77. The summed E-state index contributed by atoms with van der Waals surface area (Å²) in [4.78, 5) is 119. The van der Waals surface area contributed by atoms with E-state index in [-0.39, 0.29) is 171 Å². The van der Waals surface area contributed by atoms with E-state index < -0.39 is 64.2 Å². The van der Waals surface area contributed by atoms with Crippen molar-refractivity contribution in [3.8, 4) is 0 Å². The maximum atomic E-state index is 8.52. The van der Waals surface area contributed by atoms with Crippen molar-refractivity contribution in [3.63, 3.8) is 0 Å². The van der Waals surface area contributed by atoms with Crippen LogP contribution in [0.5, 0.6) is 0 Å². The minimum absolute atomic E-state index is 0. The average Bonchev–Trinajstić information content (AvgIpc) is 2.20. The van der Waals surface area contributed by atoms with Crippen molar-refractivity contribution in [2.75, 3.05) is 0 Å². The van der Waals surface area contributed by atoms with Crippen LogP contribution in [-0.4, -0.2) is 197 Å². The quantitative estimate of drug-likeness (QED) is 0.203. The van der Waals surface area contributed by atoms with Crippen molar-refractivity contribution >= 4 is 197 Å². The molecule has 0 aromatic carbocycles. The molecule has 0 aliphatic rings. The van der Waals surface area contributed by atoms with Gasteiger partial charge in [-0.15, -0.1) is 0 Å². The van der Waals surface area contributed by atoms with Gasteiger partial charge in [0, 0.05) is 64.2 Å². The fourth-order valence-corrected chi connectivity index (χ4v) is 0. The van der Waals surface area contributed by atoms with Crippen LogP contribution in [0.1, 0.15) is 0 Å². The Labute approximate surface area is 327 Å². The van der Waals surface area contributed by atoms with Crippen molar-refractivity contribution in [2.24, 2.45) is 0 Å². The SMILES string of the molecule is O=[Si]([O-])[O-].O=[Si]([O-])[O-].O=[Si]([O-])[O-].O=[Si]([O-])[O-].O=[Si]([O-])[O-].O=[Si]([O-])[O-].O=[Si]([O-])[O-].[Al+3].[Al+3].[Ba+2].[Ba+2].[Zn+2].[Zn+2]. The normalized spacial score (nSPS) is 4.94. The van der Waals surface area contributed by atoms with Crippen LogP contribution in [0.3, 0.4) is 0 Å². The Morgan fingerprint density at radius 2 is 0.265 bits per heavy atom. The van der Waals surface area contributed by atoms with Crippen LogP contribution < -0.4 is 67.1 Å². The molecule has 168 valence electrons. The first-order valence-electron chi connectivity index (χ1n) is 4.29. The number of hydrogen-bond donors (Lipinski definition) is 0. The van der Waals surface area contributed by atoms with Gasteiger partial charge in [-0.1, -0.05) is 0 Å². The van der Waals surface area contributed by atoms with Gasteiger partial charge in [0.1, 0.15) is 0 Å². The van der Waals surface area contributed by atoms with Gasteiger partial charge < -0.3 is 98.4 Å². The van der Waals surface area contributed by atoms with Crippen LogP contribution in [0, 0.1) is 0 Å². The summed E-state index contributed by atoms with van der Waals surface area (Å²) in [5, 5.41) is 0. The van der Waals surface area contributed by atoms with Crippen LogP contribution >= 0.6 is 0 Å². The number of hydrogen-bond acceptors (Lipinski definition) is 21. The van der Waals surface area contributed by atoms with Crippen LogP contribution in [-0.2, 0) is 70.2 Å². The Morgan fingerprint density at radius 3 is 0.265 bits per heavy atom. The number of rotatable bonds is 0. The molecule has 21 nitrogen and oxygen atoms in total. The van der Waals surface area contributed by atoms with E-state index in [4.69, 9.17) is 98.4 Å². The van der Waals surface area contributed by atoms with Crippen molar-refractivity contribution in [1.29, 1.82) is 0 Å². The molecular formula is Al2Ba2O21Si7Zn2. The zero-order chi connectivity index (χ0) is 25.0. The molecule has 0 radical (unpaired) electrons. The minimum Gasteiger partial charge on any atom is -0.672 e. The monoisotopic (exact) mass is 989 g/mol. The van der Waals surface area contributed by atoms with E-state index in [0.29, 0.717) is 0 Å². The Balaban J connectivity index is -0.0000000134. The van der Waals surface area contributed by atoms with Crippen molar-refractivity contribution in [2.45, 2.75) is 0 Å². The van der Waals surface area contributed by atoms with Crippen LogP contribution in [0.25, 0.3) is 0 Å². The molecule has 0 aliphatic carbocycles. The maximum Gasteiger partial charge on any atom is 3.00 e. The molecule has 34 heavy (non-hydrogen) atoms. The summed E-state index contributed by atoms with van der Waals surface area (Å²) < 4.78 is 59.6. The molecule has 0 spiro atoms. The summed E-state index contributed by atoms with van der Waals surface area (Å²) in [5.41, 5.74) is 0.